The fraction of sp³-hybridized carbons (Fsp3) is 0.435. The molecule has 3 N–H and O–H groups in total. The number of ether oxygens (including phenoxy) is 2. The minimum atomic E-state index is -0.683. The predicted molar refractivity (Wildman–Crippen MR) is 141 cm³/mol. The summed E-state index contributed by atoms with van der Waals surface area (Å²) in [4.78, 5) is 6.88. The van der Waals surface area contributed by atoms with Crippen molar-refractivity contribution >= 4 is 47.2 Å². The first-order valence-corrected chi connectivity index (χ1v) is 10.9. The Balaban J connectivity index is 0.00000363. The first kappa shape index (κ1) is 26.3. The number of methoxy groups -OCH3 is 2. The van der Waals surface area contributed by atoms with Gasteiger partial charge in [-0.3, -0.25) is 4.99 Å². The van der Waals surface area contributed by atoms with Crippen molar-refractivity contribution in [1.82, 2.24) is 10.6 Å². The standard InChI is InChI=1S/C23H31ClN4O3.HI/c1-4-25-23(26-14-22(29)16-5-7-17(24)8-6-16)27-18-9-10-28(15-18)19-11-20(30-2)13-21(12-19)31-3;/h5-8,11-13,18,22,29H,4,9-10,14-15H2,1-3H3,(H2,25,26,27);1H. The van der Waals surface area contributed by atoms with Gasteiger partial charge in [-0.25, -0.2) is 0 Å². The molecule has 2 aromatic carbocycles. The summed E-state index contributed by atoms with van der Waals surface area (Å²) >= 11 is 5.92. The zero-order valence-corrected chi connectivity index (χ0v) is 21.8. The number of nitrogens with one attached hydrogen (secondary N) is 2. The fourth-order valence-corrected chi connectivity index (χ4v) is 3.70. The number of aliphatic imine (C=N–C) groups is 1. The van der Waals surface area contributed by atoms with Crippen LogP contribution in [0.25, 0.3) is 0 Å². The van der Waals surface area contributed by atoms with Crippen molar-refractivity contribution in [3.63, 3.8) is 0 Å². The highest BCUT2D eigenvalue weighted by atomic mass is 127. The van der Waals surface area contributed by atoms with Crippen molar-refractivity contribution < 1.29 is 14.6 Å². The van der Waals surface area contributed by atoms with E-state index in [1.165, 1.54) is 0 Å². The van der Waals surface area contributed by atoms with Crippen molar-refractivity contribution in [1.29, 1.82) is 0 Å². The Labute approximate surface area is 212 Å². The Morgan fingerprint density at radius 1 is 1.19 bits per heavy atom. The van der Waals surface area contributed by atoms with E-state index >= 15 is 0 Å². The lowest BCUT2D eigenvalue weighted by molar-refractivity contribution is 0.187. The molecule has 0 radical (unpaired) electrons. The summed E-state index contributed by atoms with van der Waals surface area (Å²) in [7, 11) is 3.31. The van der Waals surface area contributed by atoms with Crippen molar-refractivity contribution in [2.45, 2.75) is 25.5 Å². The second-order valence-corrected chi connectivity index (χ2v) is 7.87. The van der Waals surface area contributed by atoms with Crippen LogP contribution in [0.4, 0.5) is 5.69 Å². The van der Waals surface area contributed by atoms with Gasteiger partial charge in [0, 0.05) is 54.6 Å². The largest absolute Gasteiger partial charge is 0.497 e. The van der Waals surface area contributed by atoms with Crippen molar-refractivity contribution in [2.75, 3.05) is 45.3 Å². The highest BCUT2D eigenvalue weighted by Gasteiger charge is 2.24. The Morgan fingerprint density at radius 2 is 1.84 bits per heavy atom. The van der Waals surface area contributed by atoms with Gasteiger partial charge in [-0.15, -0.1) is 24.0 Å². The third-order valence-electron chi connectivity index (χ3n) is 5.25. The van der Waals surface area contributed by atoms with E-state index in [1.807, 2.05) is 37.3 Å². The van der Waals surface area contributed by atoms with Gasteiger partial charge in [-0.2, -0.15) is 0 Å². The molecule has 0 amide bonds. The van der Waals surface area contributed by atoms with Gasteiger partial charge < -0.3 is 30.1 Å². The van der Waals surface area contributed by atoms with Gasteiger partial charge in [0.1, 0.15) is 11.5 Å². The number of rotatable bonds is 8. The van der Waals surface area contributed by atoms with Gasteiger partial charge in [0.2, 0.25) is 0 Å². The van der Waals surface area contributed by atoms with E-state index in [1.54, 1.807) is 26.4 Å². The number of benzene rings is 2. The van der Waals surface area contributed by atoms with Crippen LogP contribution in [-0.4, -0.2) is 57.5 Å². The highest BCUT2D eigenvalue weighted by molar-refractivity contribution is 14.0. The molecule has 0 aromatic heterocycles. The SMILES string of the molecule is CCNC(=NCC(O)c1ccc(Cl)cc1)NC1CCN(c2cc(OC)cc(OC)c2)C1.I. The molecule has 0 aliphatic carbocycles. The smallest absolute Gasteiger partial charge is 0.191 e. The minimum absolute atomic E-state index is 0. The number of anilines is 1. The summed E-state index contributed by atoms with van der Waals surface area (Å²) in [5, 5.41) is 17.8. The molecule has 1 aliphatic rings. The van der Waals surface area contributed by atoms with Crippen LogP contribution in [0.5, 0.6) is 11.5 Å². The average Bonchev–Trinajstić information content (AvgIpc) is 3.26. The third-order valence-corrected chi connectivity index (χ3v) is 5.50. The van der Waals surface area contributed by atoms with E-state index < -0.39 is 6.10 Å². The molecule has 9 heteroatoms. The molecule has 32 heavy (non-hydrogen) atoms. The Bertz CT molecular complexity index is 860. The van der Waals surface area contributed by atoms with Crippen molar-refractivity contribution in [3.8, 4) is 11.5 Å². The number of aliphatic hydroxyl groups is 1. The normalized spacial score (nSPS) is 16.8. The van der Waals surface area contributed by atoms with E-state index in [0.29, 0.717) is 11.0 Å². The number of guanidine groups is 1. The number of halogens is 2. The van der Waals surface area contributed by atoms with E-state index in [2.05, 4.69) is 20.5 Å². The summed E-state index contributed by atoms with van der Waals surface area (Å²) < 4.78 is 10.8. The summed E-state index contributed by atoms with van der Waals surface area (Å²) in [5.74, 6) is 2.25. The zero-order chi connectivity index (χ0) is 22.2. The quantitative estimate of drug-likeness (QED) is 0.253. The van der Waals surface area contributed by atoms with Gasteiger partial charge in [0.15, 0.2) is 5.96 Å². The van der Waals surface area contributed by atoms with Gasteiger partial charge in [0.25, 0.3) is 0 Å². The molecular weight excluding hydrogens is 543 g/mol. The highest BCUT2D eigenvalue weighted by Crippen LogP contribution is 2.30. The van der Waals surface area contributed by atoms with Gasteiger partial charge >= 0.3 is 0 Å². The van der Waals surface area contributed by atoms with Crippen LogP contribution < -0.4 is 25.0 Å². The van der Waals surface area contributed by atoms with Crippen LogP contribution in [0.2, 0.25) is 5.02 Å². The summed E-state index contributed by atoms with van der Waals surface area (Å²) in [6, 6.07) is 13.3. The van der Waals surface area contributed by atoms with Crippen LogP contribution in [-0.2, 0) is 0 Å². The Hall–Kier alpha value is -1.91. The lowest BCUT2D eigenvalue weighted by Gasteiger charge is -2.21. The average molecular weight is 575 g/mol. The molecule has 2 unspecified atom stereocenters. The van der Waals surface area contributed by atoms with Crippen LogP contribution in [0.1, 0.15) is 25.0 Å². The molecule has 1 heterocycles. The number of nitrogens with zero attached hydrogens (tertiary/aromatic N) is 2. The van der Waals surface area contributed by atoms with Crippen LogP contribution >= 0.6 is 35.6 Å². The topological polar surface area (TPSA) is 78.4 Å². The second-order valence-electron chi connectivity index (χ2n) is 7.43. The minimum Gasteiger partial charge on any atom is -0.497 e. The molecule has 1 saturated heterocycles. The van der Waals surface area contributed by atoms with Crippen LogP contribution in [0, 0.1) is 0 Å². The van der Waals surface area contributed by atoms with E-state index in [0.717, 1.165) is 48.8 Å². The number of hydrogen-bond donors (Lipinski definition) is 3. The molecule has 7 nitrogen and oxygen atoms in total. The molecule has 3 rings (SSSR count). The summed E-state index contributed by atoms with van der Waals surface area (Å²) in [6.07, 6.45) is 0.293. The molecule has 1 fully saturated rings. The van der Waals surface area contributed by atoms with Crippen molar-refractivity contribution in [2.24, 2.45) is 4.99 Å². The van der Waals surface area contributed by atoms with Crippen molar-refractivity contribution in [3.05, 3.63) is 53.1 Å². The van der Waals surface area contributed by atoms with Crippen LogP contribution in [0.15, 0.2) is 47.5 Å². The Kier molecular flexibility index (Phi) is 10.7. The lowest BCUT2D eigenvalue weighted by atomic mass is 10.1. The first-order chi connectivity index (χ1) is 15.0. The monoisotopic (exact) mass is 574 g/mol. The van der Waals surface area contributed by atoms with Gasteiger partial charge in [0.05, 0.1) is 26.9 Å². The number of aliphatic hydroxyl groups excluding tert-OH is 1. The van der Waals surface area contributed by atoms with E-state index in [-0.39, 0.29) is 36.6 Å². The zero-order valence-electron chi connectivity index (χ0n) is 18.7. The molecule has 0 saturated carbocycles. The third kappa shape index (κ3) is 7.31. The van der Waals surface area contributed by atoms with E-state index in [4.69, 9.17) is 21.1 Å². The molecule has 0 bridgehead atoms. The molecule has 0 spiro atoms. The van der Waals surface area contributed by atoms with Crippen LogP contribution in [0.3, 0.4) is 0 Å². The van der Waals surface area contributed by atoms with Gasteiger partial charge in [-0.1, -0.05) is 23.7 Å². The predicted octanol–water partition coefficient (Wildman–Crippen LogP) is 3.84. The maximum atomic E-state index is 10.4. The number of hydrogen-bond acceptors (Lipinski definition) is 5. The lowest BCUT2D eigenvalue weighted by Crippen LogP contribution is -2.44. The maximum absolute atomic E-state index is 10.4. The Morgan fingerprint density at radius 3 is 2.44 bits per heavy atom. The summed E-state index contributed by atoms with van der Waals surface area (Å²) in [6.45, 7) is 4.78. The maximum Gasteiger partial charge on any atom is 0.191 e. The molecule has 2 aromatic rings. The summed E-state index contributed by atoms with van der Waals surface area (Å²) in [5.41, 5.74) is 1.86. The second kappa shape index (κ2) is 13.0. The van der Waals surface area contributed by atoms with E-state index in [9.17, 15) is 5.11 Å². The molecule has 2 atom stereocenters. The molecule has 1 aliphatic heterocycles. The fourth-order valence-electron chi connectivity index (χ4n) is 3.57. The van der Waals surface area contributed by atoms with Gasteiger partial charge in [-0.05, 0) is 31.0 Å². The molecule has 176 valence electrons. The molecular formula is C23H32ClIN4O3. The first-order valence-electron chi connectivity index (χ1n) is 10.5.